The molecule has 0 aliphatic rings. The molecule has 0 bridgehead atoms. The lowest BCUT2D eigenvalue weighted by Gasteiger charge is -2.09. The van der Waals surface area contributed by atoms with E-state index in [-0.39, 0.29) is 0 Å². The molecular formula is C14H18N6S. The molecule has 0 aliphatic heterocycles. The Bertz CT molecular complexity index is 732. The van der Waals surface area contributed by atoms with E-state index in [9.17, 15) is 0 Å². The van der Waals surface area contributed by atoms with Gasteiger partial charge in [0.05, 0.1) is 16.9 Å². The van der Waals surface area contributed by atoms with E-state index in [0.717, 1.165) is 47.5 Å². The Kier molecular flexibility index (Phi) is 4.01. The van der Waals surface area contributed by atoms with Gasteiger partial charge in [0.1, 0.15) is 5.82 Å². The molecule has 6 nitrogen and oxygen atoms in total. The van der Waals surface area contributed by atoms with Crippen molar-refractivity contribution < 1.29 is 0 Å². The molecule has 3 rings (SSSR count). The summed E-state index contributed by atoms with van der Waals surface area (Å²) in [7, 11) is 0. The third-order valence-electron chi connectivity index (χ3n) is 3.07. The Hall–Kier alpha value is -2.15. The summed E-state index contributed by atoms with van der Waals surface area (Å²) in [5.74, 6) is 1.64. The Balaban J connectivity index is 1.74. The number of hydrogen-bond donors (Lipinski definition) is 2. The first-order valence-corrected chi connectivity index (χ1v) is 7.86. The van der Waals surface area contributed by atoms with Crippen LogP contribution in [0, 0.1) is 6.92 Å². The molecule has 0 saturated carbocycles. The fraction of sp³-hybridized carbons (Fsp3) is 0.357. The summed E-state index contributed by atoms with van der Waals surface area (Å²) in [6.07, 6.45) is 6.53. The first-order valence-electron chi connectivity index (χ1n) is 6.98. The number of rotatable bonds is 6. The Labute approximate surface area is 127 Å². The van der Waals surface area contributed by atoms with Crippen LogP contribution in [-0.4, -0.2) is 32.4 Å². The maximum Gasteiger partial charge on any atom is 0.180 e. The summed E-state index contributed by atoms with van der Waals surface area (Å²) in [5, 5.41) is 9.80. The summed E-state index contributed by atoms with van der Waals surface area (Å²) in [6.45, 7) is 5.70. The molecule has 0 atom stereocenters. The number of anilines is 2. The van der Waals surface area contributed by atoms with Crippen molar-refractivity contribution in [3.05, 3.63) is 34.7 Å². The second-order valence-corrected chi connectivity index (χ2v) is 5.76. The van der Waals surface area contributed by atoms with Crippen molar-refractivity contribution in [1.29, 1.82) is 0 Å². The van der Waals surface area contributed by atoms with E-state index in [1.807, 2.05) is 23.7 Å². The van der Waals surface area contributed by atoms with Gasteiger partial charge in [0.25, 0.3) is 0 Å². The third-order valence-corrected chi connectivity index (χ3v) is 3.89. The lowest BCUT2D eigenvalue weighted by Crippen LogP contribution is -2.10. The second-order valence-electron chi connectivity index (χ2n) is 4.70. The molecule has 0 spiro atoms. The van der Waals surface area contributed by atoms with Crippen molar-refractivity contribution in [2.24, 2.45) is 0 Å². The van der Waals surface area contributed by atoms with Gasteiger partial charge in [-0.1, -0.05) is 0 Å². The van der Waals surface area contributed by atoms with E-state index < -0.39 is 0 Å². The van der Waals surface area contributed by atoms with Crippen LogP contribution in [0.15, 0.2) is 24.0 Å². The molecule has 2 N–H and O–H groups in total. The van der Waals surface area contributed by atoms with Gasteiger partial charge in [-0.3, -0.25) is 0 Å². The molecule has 0 amide bonds. The van der Waals surface area contributed by atoms with E-state index in [4.69, 9.17) is 0 Å². The quantitative estimate of drug-likeness (QED) is 0.732. The first-order chi connectivity index (χ1) is 10.3. The molecule has 0 aliphatic carbocycles. The van der Waals surface area contributed by atoms with Crippen LogP contribution in [0.1, 0.15) is 17.6 Å². The van der Waals surface area contributed by atoms with Crippen molar-refractivity contribution >= 4 is 28.6 Å². The van der Waals surface area contributed by atoms with Crippen LogP contribution < -0.4 is 10.6 Å². The minimum absolute atomic E-state index is 0.786. The maximum absolute atomic E-state index is 4.58. The number of aromatic nitrogens is 4. The van der Waals surface area contributed by atoms with Gasteiger partial charge < -0.3 is 15.0 Å². The first kappa shape index (κ1) is 13.8. The number of aryl methyl sites for hydroxylation is 1. The van der Waals surface area contributed by atoms with Gasteiger partial charge in [0.2, 0.25) is 0 Å². The van der Waals surface area contributed by atoms with Crippen LogP contribution >= 0.6 is 11.3 Å². The Morgan fingerprint density at radius 2 is 2.19 bits per heavy atom. The van der Waals surface area contributed by atoms with Crippen LogP contribution in [0.5, 0.6) is 0 Å². The van der Waals surface area contributed by atoms with Crippen molar-refractivity contribution in [3.8, 4) is 0 Å². The standard InChI is InChI=1S/C14H18N6S/c1-3-15-12-8-20-7-6-17-14(20)13(19-12)16-5-4-11-9-21-10(2)18-11/h6-9,15H,3-5H2,1-2H3,(H,16,19). The Morgan fingerprint density at radius 1 is 1.29 bits per heavy atom. The van der Waals surface area contributed by atoms with E-state index in [2.05, 4.69) is 37.9 Å². The molecule has 7 heteroatoms. The predicted molar refractivity (Wildman–Crippen MR) is 86.2 cm³/mol. The molecule has 21 heavy (non-hydrogen) atoms. The fourth-order valence-electron chi connectivity index (χ4n) is 2.15. The highest BCUT2D eigenvalue weighted by Gasteiger charge is 2.07. The molecule has 0 saturated heterocycles. The number of hydrogen-bond acceptors (Lipinski definition) is 6. The maximum atomic E-state index is 4.58. The average Bonchev–Trinajstić information content (AvgIpc) is 3.08. The number of nitrogens with zero attached hydrogens (tertiary/aromatic N) is 4. The zero-order valence-electron chi connectivity index (χ0n) is 12.1. The van der Waals surface area contributed by atoms with Crippen molar-refractivity contribution in [2.75, 3.05) is 23.7 Å². The lowest BCUT2D eigenvalue weighted by molar-refractivity contribution is 0.956. The summed E-state index contributed by atoms with van der Waals surface area (Å²) in [4.78, 5) is 13.4. The number of imidazole rings is 1. The zero-order chi connectivity index (χ0) is 14.7. The largest absolute Gasteiger partial charge is 0.369 e. The van der Waals surface area contributed by atoms with Gasteiger partial charge in [-0.25, -0.2) is 15.0 Å². The van der Waals surface area contributed by atoms with Gasteiger partial charge in [-0.05, 0) is 13.8 Å². The minimum atomic E-state index is 0.786. The van der Waals surface area contributed by atoms with Crippen LogP contribution in [0.4, 0.5) is 11.6 Å². The van der Waals surface area contributed by atoms with Gasteiger partial charge >= 0.3 is 0 Å². The highest BCUT2D eigenvalue weighted by Crippen LogP contribution is 2.16. The van der Waals surface area contributed by atoms with Crippen molar-refractivity contribution in [2.45, 2.75) is 20.3 Å². The third kappa shape index (κ3) is 3.13. The summed E-state index contributed by atoms with van der Waals surface area (Å²) >= 11 is 1.68. The Morgan fingerprint density at radius 3 is 2.95 bits per heavy atom. The topological polar surface area (TPSA) is 67.1 Å². The molecule has 0 fully saturated rings. The normalized spacial score (nSPS) is 11.0. The van der Waals surface area contributed by atoms with Gasteiger partial charge in [0.15, 0.2) is 11.5 Å². The summed E-state index contributed by atoms with van der Waals surface area (Å²) in [5.41, 5.74) is 1.96. The lowest BCUT2D eigenvalue weighted by atomic mass is 10.3. The highest BCUT2D eigenvalue weighted by atomic mass is 32.1. The monoisotopic (exact) mass is 302 g/mol. The summed E-state index contributed by atoms with van der Waals surface area (Å²) in [6, 6.07) is 0. The number of fused-ring (bicyclic) bond motifs is 1. The number of nitrogens with one attached hydrogen (secondary N) is 2. The van der Waals surface area contributed by atoms with Crippen LogP contribution in [0.2, 0.25) is 0 Å². The van der Waals surface area contributed by atoms with E-state index in [1.165, 1.54) is 0 Å². The predicted octanol–water partition coefficient (Wildman–Crippen LogP) is 2.58. The van der Waals surface area contributed by atoms with Crippen LogP contribution in [0.3, 0.4) is 0 Å². The molecule has 0 aromatic carbocycles. The fourth-order valence-corrected chi connectivity index (χ4v) is 2.80. The molecule has 3 aromatic rings. The smallest absolute Gasteiger partial charge is 0.180 e. The van der Waals surface area contributed by atoms with E-state index in [0.29, 0.717) is 0 Å². The molecule has 3 heterocycles. The SMILES string of the molecule is CCNc1cn2ccnc2c(NCCc2csc(C)n2)n1. The van der Waals surface area contributed by atoms with Crippen molar-refractivity contribution in [3.63, 3.8) is 0 Å². The summed E-state index contributed by atoms with van der Waals surface area (Å²) < 4.78 is 1.97. The van der Waals surface area contributed by atoms with Gasteiger partial charge in [-0.15, -0.1) is 11.3 Å². The molecular weight excluding hydrogens is 284 g/mol. The second kappa shape index (κ2) is 6.09. The van der Waals surface area contributed by atoms with E-state index in [1.54, 1.807) is 17.5 Å². The average molecular weight is 302 g/mol. The minimum Gasteiger partial charge on any atom is -0.369 e. The molecule has 110 valence electrons. The zero-order valence-corrected chi connectivity index (χ0v) is 12.9. The molecule has 3 aromatic heterocycles. The van der Waals surface area contributed by atoms with Gasteiger partial charge in [0, 0.05) is 37.3 Å². The van der Waals surface area contributed by atoms with Crippen LogP contribution in [-0.2, 0) is 6.42 Å². The molecule has 0 unspecified atom stereocenters. The van der Waals surface area contributed by atoms with Crippen LogP contribution in [0.25, 0.3) is 5.65 Å². The van der Waals surface area contributed by atoms with Gasteiger partial charge in [-0.2, -0.15) is 0 Å². The molecule has 0 radical (unpaired) electrons. The highest BCUT2D eigenvalue weighted by molar-refractivity contribution is 7.09. The number of thiazole rings is 1. The van der Waals surface area contributed by atoms with E-state index >= 15 is 0 Å². The van der Waals surface area contributed by atoms with Crippen molar-refractivity contribution in [1.82, 2.24) is 19.4 Å².